The Bertz CT molecular complexity index is 3100. The van der Waals surface area contributed by atoms with E-state index in [9.17, 15) is 23.9 Å². The number of nitrogens with two attached hydrogens (primary N) is 2. The van der Waals surface area contributed by atoms with Gasteiger partial charge in [0.05, 0.1) is 36.1 Å². The molecule has 1 unspecified atom stereocenters. The van der Waals surface area contributed by atoms with E-state index >= 15 is 4.39 Å². The lowest BCUT2D eigenvalue weighted by Gasteiger charge is -2.37. The molecule has 0 aliphatic carbocycles. The standard InChI is InChI=1S/C52H65F2N12O8.HNO3.NO3/c1-5-47(35(2)67)66-50(69)65(33-59-66)42-13-11-40(12-14-42)61-22-24-62(25-23-61)41-15-17-43(18-16-41)71-28-37-27-52(73-29-37,44-19-10-39(53)26-45(44)54)31-64-34-63(32-58-64)36(3)74-51(70)60(4)48-38(8-7-21-57-48)30-72-49(68)46(56)9-6-20-55;2*2-1(3)4/h7-8,10-19,21,26,32-37,46-47,67H,5-6,9,20,22-25,27-31,55-56H2,1-4H3;(H,2,3,4);/q+1;;-1/t35-,36?,37+,46-,47-,52-;;/m0../s1. The summed E-state index contributed by atoms with van der Waals surface area (Å²) in [5, 5.41) is 47.3. The second-order valence-corrected chi connectivity index (χ2v) is 19.3. The Kier molecular flexibility index (Phi) is 22.1. The number of hydrogen-bond acceptors (Lipinski definition) is 20. The minimum absolute atomic E-state index is 0.0532. The molecule has 28 nitrogen and oxygen atoms in total. The molecule has 0 spiro atoms. The first-order valence-electron chi connectivity index (χ1n) is 26.0. The van der Waals surface area contributed by atoms with Crippen molar-refractivity contribution in [2.45, 2.75) is 89.6 Å². The molecule has 6 N–H and O–H groups in total. The Morgan fingerprint density at radius 2 is 1.60 bits per heavy atom. The summed E-state index contributed by atoms with van der Waals surface area (Å²) in [5.74, 6) is -1.32. The molecule has 2 saturated heterocycles. The fraction of sp³-hybridized carbons (Fsp3) is 0.442. The third kappa shape index (κ3) is 16.6. The summed E-state index contributed by atoms with van der Waals surface area (Å²) >= 11 is 0. The molecular weight excluding hydrogens is 1080 g/mol. The number of halogens is 2. The van der Waals surface area contributed by atoms with Crippen LogP contribution >= 0.6 is 0 Å². The van der Waals surface area contributed by atoms with Crippen LogP contribution in [-0.2, 0) is 37.8 Å². The molecule has 30 heteroatoms. The molecule has 6 atom stereocenters. The van der Waals surface area contributed by atoms with Gasteiger partial charge in [0.1, 0.15) is 54.3 Å². The average Bonchev–Trinajstić information content (AvgIpc) is 3.82. The van der Waals surface area contributed by atoms with Gasteiger partial charge in [-0.05, 0) is 99.8 Å². The highest BCUT2D eigenvalue weighted by Crippen LogP contribution is 2.42. The van der Waals surface area contributed by atoms with E-state index < -0.39 is 63.9 Å². The van der Waals surface area contributed by atoms with Crippen molar-refractivity contribution in [3.8, 4) is 11.4 Å². The van der Waals surface area contributed by atoms with Crippen molar-refractivity contribution in [2.75, 3.05) is 67.7 Å². The minimum Gasteiger partial charge on any atom is -0.493 e. The summed E-state index contributed by atoms with van der Waals surface area (Å²) in [6.07, 6.45) is 5.65. The number of hydrogen-bond donors (Lipinski definition) is 4. The van der Waals surface area contributed by atoms with Crippen LogP contribution in [0.5, 0.6) is 5.75 Å². The average molecular weight is 1150 g/mol. The van der Waals surface area contributed by atoms with Crippen LogP contribution in [-0.4, -0.2) is 127 Å². The Morgan fingerprint density at radius 3 is 2.20 bits per heavy atom. The van der Waals surface area contributed by atoms with Crippen LogP contribution in [0, 0.1) is 43.0 Å². The van der Waals surface area contributed by atoms with Gasteiger partial charge >= 0.3 is 17.8 Å². The number of esters is 1. The van der Waals surface area contributed by atoms with Crippen molar-refractivity contribution in [1.29, 1.82) is 0 Å². The molecule has 8 rings (SSSR count). The van der Waals surface area contributed by atoms with Crippen molar-refractivity contribution < 1.29 is 62.4 Å². The van der Waals surface area contributed by atoms with Gasteiger partial charge in [-0.25, -0.2) is 32.6 Å². The number of piperazine rings is 1. The Labute approximate surface area is 468 Å². The van der Waals surface area contributed by atoms with E-state index in [0.29, 0.717) is 49.2 Å². The normalized spacial score (nSPS) is 17.2. The summed E-state index contributed by atoms with van der Waals surface area (Å²) < 4.78 is 59.7. The highest BCUT2D eigenvalue weighted by molar-refractivity contribution is 5.86. The number of anilines is 3. The van der Waals surface area contributed by atoms with E-state index in [1.54, 1.807) is 41.6 Å². The quantitative estimate of drug-likeness (QED) is 0.0340. The lowest BCUT2D eigenvalue weighted by molar-refractivity contribution is -0.753. The zero-order valence-electron chi connectivity index (χ0n) is 45.5. The zero-order valence-corrected chi connectivity index (χ0v) is 45.5. The third-order valence-corrected chi connectivity index (χ3v) is 13.6. The van der Waals surface area contributed by atoms with Crippen LogP contribution in [0.1, 0.15) is 69.9 Å². The van der Waals surface area contributed by atoms with Gasteiger partial charge in [0.2, 0.25) is 12.6 Å². The lowest BCUT2D eigenvalue weighted by Crippen LogP contribution is -2.46. The Hall–Kier alpha value is -8.87. The van der Waals surface area contributed by atoms with Crippen LogP contribution < -0.4 is 41.2 Å². The van der Waals surface area contributed by atoms with Crippen LogP contribution in [0.25, 0.3) is 5.69 Å². The molecule has 2 fully saturated rings. The Balaban J connectivity index is 0.00000127. The number of carbonyl (C=O) groups is 2. The number of ether oxygens (including phenoxy) is 4. The maximum Gasteiger partial charge on any atom is 0.418 e. The molecule has 3 aromatic heterocycles. The number of carbonyl (C=O) groups excluding carboxylic acids is 2. The van der Waals surface area contributed by atoms with Crippen molar-refractivity contribution in [3.05, 3.63) is 163 Å². The number of nitrogens with zero attached hydrogens (tertiary/aromatic N) is 12. The molecule has 1 amide bonds. The summed E-state index contributed by atoms with van der Waals surface area (Å²) in [6.45, 7) is 9.22. The molecule has 0 bridgehead atoms. The van der Waals surface area contributed by atoms with Gasteiger partial charge in [0.25, 0.3) is 11.4 Å². The highest BCUT2D eigenvalue weighted by atomic mass is 19.1. The van der Waals surface area contributed by atoms with Crippen LogP contribution in [0.4, 0.5) is 30.8 Å². The van der Waals surface area contributed by atoms with Gasteiger partial charge in [-0.3, -0.25) is 9.69 Å². The fourth-order valence-corrected chi connectivity index (χ4v) is 9.46. The zero-order chi connectivity index (χ0) is 59.7. The molecule has 2 aliphatic rings. The monoisotopic (exact) mass is 1150 g/mol. The molecule has 3 aromatic carbocycles. The largest absolute Gasteiger partial charge is 0.493 e. The number of benzene rings is 3. The van der Waals surface area contributed by atoms with Crippen molar-refractivity contribution in [3.63, 3.8) is 0 Å². The van der Waals surface area contributed by atoms with E-state index in [1.165, 1.54) is 52.2 Å². The summed E-state index contributed by atoms with van der Waals surface area (Å²) in [7, 11) is 1.48. The summed E-state index contributed by atoms with van der Waals surface area (Å²) in [6, 6.07) is 21.3. The summed E-state index contributed by atoms with van der Waals surface area (Å²) in [4.78, 5) is 65.7. The Morgan fingerprint density at radius 1 is 0.976 bits per heavy atom. The number of amides is 1. The van der Waals surface area contributed by atoms with E-state index in [0.717, 1.165) is 43.6 Å². The predicted octanol–water partition coefficient (Wildman–Crippen LogP) is 4.17. The highest BCUT2D eigenvalue weighted by Gasteiger charge is 2.46. The number of pyridine rings is 1. The first kappa shape index (κ1) is 62.3. The van der Waals surface area contributed by atoms with Gasteiger partial charge in [0, 0.05) is 85.9 Å². The molecule has 5 heterocycles. The smallest absolute Gasteiger partial charge is 0.418 e. The predicted molar refractivity (Wildman–Crippen MR) is 289 cm³/mol. The van der Waals surface area contributed by atoms with Crippen molar-refractivity contribution in [2.24, 2.45) is 17.4 Å². The first-order valence-corrected chi connectivity index (χ1v) is 26.0. The van der Waals surface area contributed by atoms with Crippen molar-refractivity contribution >= 4 is 29.3 Å². The maximum absolute atomic E-state index is 15.6. The topological polar surface area (TPSA) is 357 Å². The SMILES string of the molecule is CC[C@@H]([C@H](C)O)n1ncn(-c2ccc(N3CCN(c4ccc(OC[C@@H]5CO[C@@](Cn6c[n+](C(C)OC(=O)N(C)c7ncccc7COC(=O)[C@@H](N)CCCN)cn6)(c6ccc(F)cc6F)C5)cc4)CC3)cc2)c1=O.O=[N+]([O-])O.O=[N+]([O-])[O-]. The van der Waals surface area contributed by atoms with E-state index in [2.05, 4.69) is 25.0 Å². The molecule has 0 saturated carbocycles. The molecule has 6 aromatic rings. The van der Waals surface area contributed by atoms with Crippen LogP contribution in [0.3, 0.4) is 0 Å². The molecule has 82 heavy (non-hydrogen) atoms. The van der Waals surface area contributed by atoms with Gasteiger partial charge in [-0.2, -0.15) is 9.67 Å². The lowest BCUT2D eigenvalue weighted by atomic mass is 9.87. The van der Waals surface area contributed by atoms with Gasteiger partial charge < -0.3 is 65.8 Å². The third-order valence-electron chi connectivity index (χ3n) is 13.6. The fourth-order valence-electron chi connectivity index (χ4n) is 9.46. The van der Waals surface area contributed by atoms with Crippen molar-refractivity contribution in [1.82, 2.24) is 29.1 Å². The second kappa shape index (κ2) is 29.0. The molecule has 442 valence electrons. The first-order chi connectivity index (χ1) is 39.1. The maximum atomic E-state index is 15.6. The number of aliphatic hydroxyl groups excluding tert-OH is 1. The van der Waals surface area contributed by atoms with Crippen LogP contribution in [0.2, 0.25) is 0 Å². The molecule has 0 radical (unpaired) electrons. The minimum atomic E-state index is -1.75. The number of aromatic nitrogens is 7. The van der Waals surface area contributed by atoms with Gasteiger partial charge in [-0.15, -0.1) is 14.8 Å². The van der Waals surface area contributed by atoms with E-state index in [4.69, 9.17) is 61.1 Å². The number of aliphatic hydroxyl groups is 1. The van der Waals surface area contributed by atoms with Crippen LogP contribution in [0.15, 0.2) is 109 Å². The molecular formula is C52H66F2N14O14. The summed E-state index contributed by atoms with van der Waals surface area (Å²) in [5.41, 5.74) is 13.4. The van der Waals surface area contributed by atoms with Gasteiger partial charge in [0.15, 0.2) is 0 Å². The molecule has 2 aliphatic heterocycles. The van der Waals surface area contributed by atoms with E-state index in [-0.39, 0.29) is 49.4 Å². The van der Waals surface area contributed by atoms with Gasteiger partial charge in [-0.1, -0.05) is 19.1 Å². The second-order valence-electron chi connectivity index (χ2n) is 19.3. The number of rotatable bonds is 21. The van der Waals surface area contributed by atoms with E-state index in [1.807, 2.05) is 55.5 Å².